The molecule has 9 heteroatoms. The number of hydrogen-bond acceptors (Lipinski definition) is 4. The summed E-state index contributed by atoms with van der Waals surface area (Å²) in [5, 5.41) is 20.4. The normalized spacial score (nSPS) is 11.9. The van der Waals surface area contributed by atoms with Gasteiger partial charge in [0.25, 0.3) is 5.91 Å². The summed E-state index contributed by atoms with van der Waals surface area (Å²) >= 11 is 5.84. The summed E-state index contributed by atoms with van der Waals surface area (Å²) in [6.45, 7) is 2.02. The first kappa shape index (κ1) is 17.7. The first-order valence-corrected chi connectivity index (χ1v) is 8.16. The Labute approximate surface area is 154 Å². The Kier molecular flexibility index (Phi) is 5.04. The molecule has 0 saturated heterocycles. The minimum atomic E-state index is -1.06. The fraction of sp³-hybridized carbons (Fsp3) is 0.176. The molecule has 2 N–H and O–H groups in total. The van der Waals surface area contributed by atoms with Gasteiger partial charge in [0.2, 0.25) is 0 Å². The number of carbonyl (C=O) groups excluding carboxylic acids is 1. The summed E-state index contributed by atoms with van der Waals surface area (Å²) < 4.78 is 2.88. The number of hydrogen-bond donors (Lipinski definition) is 2. The Morgan fingerprint density at radius 3 is 2.58 bits per heavy atom. The quantitative estimate of drug-likeness (QED) is 0.691. The standard InChI is InChI=1S/C17H16ClN5O3/c1-11(17(25)26)23-15(6-7-19-23)16(24)21-14-4-2-12(3-5-14)9-22-10-13(18)8-20-22/h2-8,10-11H,9H2,1H3,(H,21,24)(H,25,26). The number of rotatable bonds is 6. The highest BCUT2D eigenvalue weighted by molar-refractivity contribution is 6.30. The van der Waals surface area contributed by atoms with E-state index in [9.17, 15) is 9.59 Å². The second-order valence-electron chi connectivity index (χ2n) is 5.68. The zero-order valence-electron chi connectivity index (χ0n) is 13.8. The molecule has 0 radical (unpaired) electrons. The molecule has 1 atom stereocenters. The molecule has 0 aliphatic heterocycles. The van der Waals surface area contributed by atoms with Crippen molar-refractivity contribution in [1.82, 2.24) is 19.6 Å². The second-order valence-corrected chi connectivity index (χ2v) is 6.12. The summed E-state index contributed by atoms with van der Waals surface area (Å²) in [5.41, 5.74) is 1.76. The van der Waals surface area contributed by atoms with Crippen molar-refractivity contribution in [3.05, 3.63) is 65.2 Å². The predicted molar refractivity (Wildman–Crippen MR) is 95.3 cm³/mol. The number of carboxylic acid groups (broad SMARTS) is 1. The first-order chi connectivity index (χ1) is 12.4. The number of aliphatic carboxylic acids is 1. The molecule has 2 aromatic heterocycles. The molecule has 3 rings (SSSR count). The molecule has 0 aliphatic rings. The molecule has 0 spiro atoms. The molecule has 0 bridgehead atoms. The SMILES string of the molecule is CC(C(=O)O)n1nccc1C(=O)Nc1ccc(Cn2cc(Cl)cn2)cc1. The van der Waals surface area contributed by atoms with Crippen molar-refractivity contribution < 1.29 is 14.7 Å². The molecule has 26 heavy (non-hydrogen) atoms. The van der Waals surface area contributed by atoms with Crippen molar-refractivity contribution in [1.29, 1.82) is 0 Å². The van der Waals surface area contributed by atoms with Crippen LogP contribution in [0.25, 0.3) is 0 Å². The average Bonchev–Trinajstić information content (AvgIpc) is 3.25. The highest BCUT2D eigenvalue weighted by Crippen LogP contribution is 2.15. The van der Waals surface area contributed by atoms with E-state index in [1.165, 1.54) is 23.9 Å². The van der Waals surface area contributed by atoms with E-state index in [2.05, 4.69) is 15.5 Å². The van der Waals surface area contributed by atoms with Crippen molar-refractivity contribution in [3.63, 3.8) is 0 Å². The van der Waals surface area contributed by atoms with Crippen LogP contribution in [0.15, 0.2) is 48.9 Å². The minimum absolute atomic E-state index is 0.176. The summed E-state index contributed by atoms with van der Waals surface area (Å²) in [5.74, 6) is -1.49. The largest absolute Gasteiger partial charge is 0.480 e. The predicted octanol–water partition coefficient (Wildman–Crippen LogP) is 2.68. The number of carbonyl (C=O) groups is 2. The van der Waals surface area contributed by atoms with Crippen LogP contribution in [0.2, 0.25) is 5.02 Å². The van der Waals surface area contributed by atoms with Gasteiger partial charge in [0.1, 0.15) is 11.7 Å². The van der Waals surface area contributed by atoms with Gasteiger partial charge >= 0.3 is 5.97 Å². The summed E-state index contributed by atoms with van der Waals surface area (Å²) in [7, 11) is 0. The number of aromatic nitrogens is 4. The van der Waals surface area contributed by atoms with Gasteiger partial charge in [-0.05, 0) is 30.7 Å². The maximum Gasteiger partial charge on any atom is 0.328 e. The van der Waals surface area contributed by atoms with Gasteiger partial charge in [-0.15, -0.1) is 0 Å². The lowest BCUT2D eigenvalue weighted by Gasteiger charge is -2.12. The van der Waals surface area contributed by atoms with Crippen LogP contribution in [0.3, 0.4) is 0 Å². The molecular formula is C17H16ClN5O3. The molecule has 2 heterocycles. The zero-order chi connectivity index (χ0) is 18.7. The van der Waals surface area contributed by atoms with E-state index >= 15 is 0 Å². The molecule has 1 amide bonds. The van der Waals surface area contributed by atoms with Crippen LogP contribution >= 0.6 is 11.6 Å². The fourth-order valence-electron chi connectivity index (χ4n) is 2.41. The molecule has 0 fully saturated rings. The maximum atomic E-state index is 12.4. The highest BCUT2D eigenvalue weighted by Gasteiger charge is 2.21. The molecular weight excluding hydrogens is 358 g/mol. The number of benzene rings is 1. The first-order valence-electron chi connectivity index (χ1n) is 7.78. The van der Waals surface area contributed by atoms with Crippen molar-refractivity contribution in [2.24, 2.45) is 0 Å². The number of amides is 1. The number of carboxylic acids is 1. The molecule has 1 aromatic carbocycles. The lowest BCUT2D eigenvalue weighted by atomic mass is 10.2. The number of halogens is 1. The summed E-state index contributed by atoms with van der Waals surface area (Å²) in [4.78, 5) is 23.5. The third-order valence-electron chi connectivity index (χ3n) is 3.79. The van der Waals surface area contributed by atoms with Gasteiger partial charge in [-0.25, -0.2) is 9.48 Å². The van der Waals surface area contributed by atoms with Crippen molar-refractivity contribution in [2.45, 2.75) is 19.5 Å². The Bertz CT molecular complexity index is 932. The molecule has 8 nitrogen and oxygen atoms in total. The van der Waals surface area contributed by atoms with Crippen LogP contribution in [0.1, 0.15) is 29.0 Å². The van der Waals surface area contributed by atoms with Gasteiger partial charge in [0, 0.05) is 18.1 Å². The Hall–Kier alpha value is -3.13. The lowest BCUT2D eigenvalue weighted by Crippen LogP contribution is -2.24. The topological polar surface area (TPSA) is 102 Å². The van der Waals surface area contributed by atoms with Crippen LogP contribution in [-0.2, 0) is 11.3 Å². The number of nitrogens with zero attached hydrogens (tertiary/aromatic N) is 4. The Morgan fingerprint density at radius 1 is 1.23 bits per heavy atom. The van der Waals surface area contributed by atoms with Crippen molar-refractivity contribution in [2.75, 3.05) is 5.32 Å². The van der Waals surface area contributed by atoms with E-state index < -0.39 is 17.9 Å². The van der Waals surface area contributed by atoms with E-state index in [-0.39, 0.29) is 5.69 Å². The van der Waals surface area contributed by atoms with Gasteiger partial charge in [-0.1, -0.05) is 23.7 Å². The molecule has 1 unspecified atom stereocenters. The van der Waals surface area contributed by atoms with Gasteiger partial charge in [-0.3, -0.25) is 9.48 Å². The average molecular weight is 374 g/mol. The van der Waals surface area contributed by atoms with Crippen molar-refractivity contribution in [3.8, 4) is 0 Å². The molecule has 3 aromatic rings. The van der Waals surface area contributed by atoms with Crippen LogP contribution in [0, 0.1) is 0 Å². The molecule has 0 aliphatic carbocycles. The molecule has 134 valence electrons. The van der Waals surface area contributed by atoms with Crippen LogP contribution in [-0.4, -0.2) is 36.5 Å². The summed E-state index contributed by atoms with van der Waals surface area (Å²) in [6.07, 6.45) is 4.69. The molecule has 0 saturated carbocycles. The third-order valence-corrected chi connectivity index (χ3v) is 3.98. The van der Waals surface area contributed by atoms with Gasteiger partial charge < -0.3 is 10.4 Å². The third kappa shape index (κ3) is 3.92. The Balaban J connectivity index is 1.68. The van der Waals surface area contributed by atoms with Crippen LogP contribution in [0.5, 0.6) is 0 Å². The van der Waals surface area contributed by atoms with E-state index in [4.69, 9.17) is 16.7 Å². The maximum absolute atomic E-state index is 12.4. The van der Waals surface area contributed by atoms with Crippen LogP contribution < -0.4 is 5.32 Å². The van der Waals surface area contributed by atoms with E-state index in [0.717, 1.165) is 5.56 Å². The smallest absolute Gasteiger partial charge is 0.328 e. The van der Waals surface area contributed by atoms with E-state index in [1.807, 2.05) is 12.1 Å². The van der Waals surface area contributed by atoms with E-state index in [0.29, 0.717) is 17.3 Å². The lowest BCUT2D eigenvalue weighted by molar-refractivity contribution is -0.140. The van der Waals surface area contributed by atoms with E-state index in [1.54, 1.807) is 29.2 Å². The minimum Gasteiger partial charge on any atom is -0.480 e. The number of nitrogens with one attached hydrogen (secondary N) is 1. The monoisotopic (exact) mass is 373 g/mol. The zero-order valence-corrected chi connectivity index (χ0v) is 14.6. The fourth-order valence-corrected chi connectivity index (χ4v) is 2.56. The van der Waals surface area contributed by atoms with Crippen molar-refractivity contribution >= 4 is 29.2 Å². The van der Waals surface area contributed by atoms with Gasteiger partial charge in [0.15, 0.2) is 0 Å². The Morgan fingerprint density at radius 2 is 1.96 bits per heavy atom. The summed E-state index contributed by atoms with van der Waals surface area (Å²) in [6, 6.07) is 7.79. The second kappa shape index (κ2) is 7.40. The highest BCUT2D eigenvalue weighted by atomic mass is 35.5. The van der Waals surface area contributed by atoms with Crippen LogP contribution in [0.4, 0.5) is 5.69 Å². The van der Waals surface area contributed by atoms with Gasteiger partial charge in [0.05, 0.1) is 17.8 Å². The number of anilines is 1. The van der Waals surface area contributed by atoms with Gasteiger partial charge in [-0.2, -0.15) is 10.2 Å².